The lowest BCUT2D eigenvalue weighted by molar-refractivity contribution is 0.647. The average molecular weight is 324 g/mol. The second-order valence-corrected chi connectivity index (χ2v) is 6.99. The SMILES string of the molecule is CCC(C)C1=Cc2c(-c3ccccc3)ccc(-c3ccccc3)c2C1. The summed E-state index contributed by atoms with van der Waals surface area (Å²) in [6, 6.07) is 26.2. The molecular weight excluding hydrogens is 300 g/mol. The minimum absolute atomic E-state index is 0.639. The number of hydrogen-bond donors (Lipinski definition) is 0. The van der Waals surface area contributed by atoms with Crippen LogP contribution in [0.3, 0.4) is 0 Å². The summed E-state index contributed by atoms with van der Waals surface area (Å²) in [4.78, 5) is 0. The van der Waals surface area contributed by atoms with Crippen LogP contribution in [0.1, 0.15) is 31.4 Å². The molecule has 0 radical (unpaired) electrons. The van der Waals surface area contributed by atoms with E-state index in [1.54, 1.807) is 5.57 Å². The molecule has 0 aliphatic heterocycles. The van der Waals surface area contributed by atoms with Crippen molar-refractivity contribution in [3.05, 3.63) is 89.5 Å². The molecule has 3 aromatic rings. The summed E-state index contributed by atoms with van der Waals surface area (Å²) in [6.45, 7) is 4.63. The highest BCUT2D eigenvalue weighted by Gasteiger charge is 2.22. The molecule has 0 spiro atoms. The quantitative estimate of drug-likeness (QED) is 0.484. The Labute approximate surface area is 150 Å². The molecule has 1 aliphatic carbocycles. The summed E-state index contributed by atoms with van der Waals surface area (Å²) >= 11 is 0. The first-order chi connectivity index (χ1) is 12.3. The molecule has 25 heavy (non-hydrogen) atoms. The van der Waals surface area contributed by atoms with E-state index in [0.29, 0.717) is 5.92 Å². The lowest BCUT2D eigenvalue weighted by Crippen LogP contribution is -1.98. The number of benzene rings is 3. The first-order valence-corrected chi connectivity index (χ1v) is 9.25. The molecule has 0 heterocycles. The van der Waals surface area contributed by atoms with Crippen LogP contribution in [0, 0.1) is 5.92 Å². The van der Waals surface area contributed by atoms with E-state index in [1.165, 1.54) is 39.8 Å². The van der Waals surface area contributed by atoms with Gasteiger partial charge in [0.15, 0.2) is 0 Å². The van der Waals surface area contributed by atoms with Crippen molar-refractivity contribution in [3.8, 4) is 22.3 Å². The van der Waals surface area contributed by atoms with Crippen molar-refractivity contribution in [2.45, 2.75) is 26.7 Å². The molecule has 0 heteroatoms. The largest absolute Gasteiger partial charge is 0.0648 e. The standard InChI is InChI=1S/C25H24/c1-3-18(2)21-16-24-22(19-10-6-4-7-11-19)14-15-23(25(24)17-21)20-12-8-5-9-13-20/h4-16,18H,3,17H2,1-2H3. The van der Waals surface area contributed by atoms with E-state index in [4.69, 9.17) is 0 Å². The molecule has 4 rings (SSSR count). The van der Waals surface area contributed by atoms with E-state index in [0.717, 1.165) is 6.42 Å². The van der Waals surface area contributed by atoms with Crippen molar-refractivity contribution in [1.82, 2.24) is 0 Å². The normalized spacial score (nSPS) is 14.1. The van der Waals surface area contributed by atoms with Gasteiger partial charge in [-0.3, -0.25) is 0 Å². The second kappa shape index (κ2) is 6.72. The first kappa shape index (κ1) is 15.9. The molecule has 0 bridgehead atoms. The Hall–Kier alpha value is -2.60. The van der Waals surface area contributed by atoms with E-state index in [-0.39, 0.29) is 0 Å². The van der Waals surface area contributed by atoms with Gasteiger partial charge in [0.1, 0.15) is 0 Å². The third-order valence-electron chi connectivity index (χ3n) is 5.48. The summed E-state index contributed by atoms with van der Waals surface area (Å²) in [6.07, 6.45) is 4.73. The van der Waals surface area contributed by atoms with E-state index in [9.17, 15) is 0 Å². The van der Waals surface area contributed by atoms with Crippen LogP contribution >= 0.6 is 0 Å². The van der Waals surface area contributed by atoms with Crippen LogP contribution in [0.25, 0.3) is 28.3 Å². The monoisotopic (exact) mass is 324 g/mol. The molecule has 124 valence electrons. The van der Waals surface area contributed by atoms with Gasteiger partial charge in [-0.05, 0) is 52.1 Å². The molecular formula is C25H24. The summed E-state index contributed by atoms with van der Waals surface area (Å²) in [5.74, 6) is 0.639. The van der Waals surface area contributed by atoms with Gasteiger partial charge in [0, 0.05) is 0 Å². The van der Waals surface area contributed by atoms with Gasteiger partial charge in [-0.25, -0.2) is 0 Å². The number of hydrogen-bond acceptors (Lipinski definition) is 0. The molecule has 1 aliphatic rings. The highest BCUT2D eigenvalue weighted by molar-refractivity contribution is 5.87. The van der Waals surface area contributed by atoms with Crippen LogP contribution in [0.4, 0.5) is 0 Å². The Morgan fingerprint density at radius 2 is 1.32 bits per heavy atom. The fourth-order valence-electron chi connectivity index (χ4n) is 3.80. The van der Waals surface area contributed by atoms with Crippen LogP contribution in [0.15, 0.2) is 78.4 Å². The van der Waals surface area contributed by atoms with Crippen LogP contribution in [0.5, 0.6) is 0 Å². The summed E-state index contributed by atoms with van der Waals surface area (Å²) in [7, 11) is 0. The predicted octanol–water partition coefficient (Wildman–Crippen LogP) is 7.01. The van der Waals surface area contributed by atoms with Gasteiger partial charge in [0.05, 0.1) is 0 Å². The van der Waals surface area contributed by atoms with Crippen molar-refractivity contribution in [1.29, 1.82) is 0 Å². The molecule has 1 unspecified atom stereocenters. The van der Waals surface area contributed by atoms with Crippen molar-refractivity contribution in [3.63, 3.8) is 0 Å². The minimum atomic E-state index is 0.639. The van der Waals surface area contributed by atoms with Crippen molar-refractivity contribution in [2.75, 3.05) is 0 Å². The highest BCUT2D eigenvalue weighted by Crippen LogP contribution is 2.41. The molecule has 0 nitrogen and oxygen atoms in total. The van der Waals surface area contributed by atoms with E-state index >= 15 is 0 Å². The molecule has 0 aromatic heterocycles. The second-order valence-electron chi connectivity index (χ2n) is 6.99. The molecule has 1 atom stereocenters. The maximum absolute atomic E-state index is 2.46. The van der Waals surface area contributed by atoms with Gasteiger partial charge in [0.25, 0.3) is 0 Å². The predicted molar refractivity (Wildman–Crippen MR) is 108 cm³/mol. The first-order valence-electron chi connectivity index (χ1n) is 9.25. The van der Waals surface area contributed by atoms with Crippen molar-refractivity contribution >= 4 is 6.08 Å². The van der Waals surface area contributed by atoms with E-state index in [1.807, 2.05) is 0 Å². The Bertz CT molecular complexity index is 902. The van der Waals surface area contributed by atoms with Crippen molar-refractivity contribution in [2.24, 2.45) is 5.92 Å². The van der Waals surface area contributed by atoms with Crippen LogP contribution in [-0.4, -0.2) is 0 Å². The molecule has 3 aromatic carbocycles. The third kappa shape index (κ3) is 2.93. The maximum atomic E-state index is 2.46. The van der Waals surface area contributed by atoms with Gasteiger partial charge in [0.2, 0.25) is 0 Å². The Morgan fingerprint density at radius 3 is 1.92 bits per heavy atom. The van der Waals surface area contributed by atoms with Gasteiger partial charge in [-0.2, -0.15) is 0 Å². The Morgan fingerprint density at radius 1 is 0.760 bits per heavy atom. The lowest BCUT2D eigenvalue weighted by Gasteiger charge is -2.14. The van der Waals surface area contributed by atoms with Gasteiger partial charge in [-0.1, -0.05) is 98.3 Å². The molecule has 0 saturated heterocycles. The average Bonchev–Trinajstić information content (AvgIpc) is 3.13. The Balaban J connectivity index is 1.89. The summed E-state index contributed by atoms with van der Waals surface area (Å²) in [5.41, 5.74) is 9.83. The van der Waals surface area contributed by atoms with E-state index < -0.39 is 0 Å². The Kier molecular flexibility index (Phi) is 4.28. The van der Waals surface area contributed by atoms with Crippen LogP contribution in [-0.2, 0) is 6.42 Å². The van der Waals surface area contributed by atoms with Crippen molar-refractivity contribution < 1.29 is 0 Å². The van der Waals surface area contributed by atoms with Gasteiger partial charge >= 0.3 is 0 Å². The number of rotatable bonds is 4. The summed E-state index contributed by atoms with van der Waals surface area (Å²) in [5, 5.41) is 0. The molecule has 0 amide bonds. The zero-order valence-electron chi connectivity index (χ0n) is 15.0. The maximum Gasteiger partial charge on any atom is -0.00488 e. The zero-order valence-corrected chi connectivity index (χ0v) is 15.0. The molecule has 0 saturated carbocycles. The minimum Gasteiger partial charge on any atom is -0.0648 e. The third-order valence-corrected chi connectivity index (χ3v) is 5.48. The van der Waals surface area contributed by atoms with Gasteiger partial charge < -0.3 is 0 Å². The molecule has 0 fully saturated rings. The van der Waals surface area contributed by atoms with Gasteiger partial charge in [-0.15, -0.1) is 0 Å². The topological polar surface area (TPSA) is 0 Å². The van der Waals surface area contributed by atoms with Crippen LogP contribution in [0.2, 0.25) is 0 Å². The molecule has 0 N–H and O–H groups in total. The van der Waals surface area contributed by atoms with E-state index in [2.05, 4.69) is 92.7 Å². The summed E-state index contributed by atoms with van der Waals surface area (Å²) < 4.78 is 0. The van der Waals surface area contributed by atoms with Crippen LogP contribution < -0.4 is 0 Å². The fourth-order valence-corrected chi connectivity index (χ4v) is 3.80. The smallest absolute Gasteiger partial charge is 0.00488 e. The zero-order chi connectivity index (χ0) is 17.2. The fraction of sp³-hybridized carbons (Fsp3) is 0.200. The highest BCUT2D eigenvalue weighted by atomic mass is 14.3. The number of allylic oxidation sites excluding steroid dienone is 1. The lowest BCUT2D eigenvalue weighted by atomic mass is 9.90. The number of fused-ring (bicyclic) bond motifs is 1.